The maximum atomic E-state index is 10.5. The fraction of sp³-hybridized carbons (Fsp3) is 0.125. The van der Waals surface area contributed by atoms with Crippen molar-refractivity contribution < 1.29 is 9.90 Å². The van der Waals surface area contributed by atoms with E-state index in [1.165, 1.54) is 6.07 Å². The fourth-order valence-corrected chi connectivity index (χ4v) is 1.93. The van der Waals surface area contributed by atoms with Crippen LogP contribution < -0.4 is 0 Å². The van der Waals surface area contributed by atoms with E-state index in [9.17, 15) is 4.79 Å². The lowest BCUT2D eigenvalue weighted by Gasteiger charge is -2.00. The lowest BCUT2D eigenvalue weighted by atomic mass is 10.1. The van der Waals surface area contributed by atoms with Crippen molar-refractivity contribution in [3.8, 4) is 0 Å². The summed E-state index contributed by atoms with van der Waals surface area (Å²) >= 11 is 7.98. The third kappa shape index (κ3) is 2.10. The van der Waals surface area contributed by atoms with E-state index in [0.717, 1.165) is 9.99 Å². The Bertz CT molecular complexity index is 312. The van der Waals surface area contributed by atoms with Gasteiger partial charge in [-0.3, -0.25) is 0 Å². The first kappa shape index (κ1) is 9.80. The summed E-state index contributed by atoms with van der Waals surface area (Å²) in [4.78, 5) is 10.5. The lowest BCUT2D eigenvalue weighted by molar-refractivity contribution is 0.0697. The molecule has 0 atom stereocenters. The zero-order valence-electron chi connectivity index (χ0n) is 6.05. The summed E-state index contributed by atoms with van der Waals surface area (Å²) in [6.07, 6.45) is 0. The molecule has 0 spiro atoms. The fourth-order valence-electron chi connectivity index (χ4n) is 0.789. The van der Waals surface area contributed by atoms with Crippen LogP contribution in [0.25, 0.3) is 0 Å². The average Bonchev–Trinajstić information content (AvgIpc) is 2.04. The Morgan fingerprint density at radius 2 is 2.25 bits per heavy atom. The number of alkyl halides is 1. The zero-order chi connectivity index (χ0) is 9.14. The quantitative estimate of drug-likeness (QED) is 0.673. The standard InChI is InChI=1S/C8H6ClIO2/c9-7-3-5(8(11)12)1-2-6(7)4-10/h1-3H,4H2,(H,11,12). The largest absolute Gasteiger partial charge is 0.478 e. The van der Waals surface area contributed by atoms with E-state index in [4.69, 9.17) is 16.7 Å². The maximum Gasteiger partial charge on any atom is 0.335 e. The number of hydrogen-bond acceptors (Lipinski definition) is 1. The molecule has 0 aliphatic carbocycles. The molecule has 2 nitrogen and oxygen atoms in total. The van der Waals surface area contributed by atoms with Gasteiger partial charge in [-0.1, -0.05) is 40.3 Å². The second kappa shape index (κ2) is 4.09. The highest BCUT2D eigenvalue weighted by atomic mass is 127. The molecule has 0 aliphatic rings. The highest BCUT2D eigenvalue weighted by molar-refractivity contribution is 14.1. The number of halogens is 2. The van der Waals surface area contributed by atoms with Crippen LogP contribution in [0.1, 0.15) is 15.9 Å². The Kier molecular flexibility index (Phi) is 3.34. The molecule has 1 N–H and O–H groups in total. The molecule has 1 aromatic rings. The van der Waals surface area contributed by atoms with Gasteiger partial charge in [0.1, 0.15) is 0 Å². The molecule has 64 valence electrons. The van der Waals surface area contributed by atoms with Crippen molar-refractivity contribution in [2.24, 2.45) is 0 Å². The van der Waals surface area contributed by atoms with Crippen molar-refractivity contribution in [1.29, 1.82) is 0 Å². The minimum Gasteiger partial charge on any atom is -0.478 e. The molecule has 0 aromatic heterocycles. The molecule has 0 fully saturated rings. The van der Waals surface area contributed by atoms with E-state index in [1.54, 1.807) is 12.1 Å². The van der Waals surface area contributed by atoms with E-state index in [0.29, 0.717) is 5.02 Å². The minimum absolute atomic E-state index is 0.230. The van der Waals surface area contributed by atoms with Gasteiger partial charge in [0.2, 0.25) is 0 Å². The van der Waals surface area contributed by atoms with Crippen molar-refractivity contribution in [3.63, 3.8) is 0 Å². The normalized spacial score (nSPS) is 9.83. The number of aromatic carboxylic acids is 1. The third-order valence-electron chi connectivity index (χ3n) is 1.44. The van der Waals surface area contributed by atoms with E-state index in [-0.39, 0.29) is 5.56 Å². The van der Waals surface area contributed by atoms with Gasteiger partial charge in [0.25, 0.3) is 0 Å². The predicted octanol–water partition coefficient (Wildman–Crippen LogP) is 2.97. The van der Waals surface area contributed by atoms with Gasteiger partial charge in [-0.2, -0.15) is 0 Å². The van der Waals surface area contributed by atoms with Crippen LogP contribution in [0.3, 0.4) is 0 Å². The van der Waals surface area contributed by atoms with Crippen molar-refractivity contribution in [2.75, 3.05) is 0 Å². The molecule has 0 aliphatic heterocycles. The van der Waals surface area contributed by atoms with E-state index in [2.05, 4.69) is 22.6 Å². The first-order chi connectivity index (χ1) is 5.65. The van der Waals surface area contributed by atoms with Gasteiger partial charge in [-0.15, -0.1) is 0 Å². The van der Waals surface area contributed by atoms with Crippen molar-refractivity contribution in [2.45, 2.75) is 4.43 Å². The molecule has 1 aromatic carbocycles. The van der Waals surface area contributed by atoms with Gasteiger partial charge in [-0.05, 0) is 17.7 Å². The summed E-state index contributed by atoms with van der Waals surface area (Å²) in [5.41, 5.74) is 1.19. The Morgan fingerprint density at radius 1 is 1.58 bits per heavy atom. The Morgan fingerprint density at radius 3 is 2.67 bits per heavy atom. The monoisotopic (exact) mass is 296 g/mol. The maximum absolute atomic E-state index is 10.5. The summed E-state index contributed by atoms with van der Waals surface area (Å²) in [5.74, 6) is -0.947. The SMILES string of the molecule is O=C(O)c1ccc(CI)c(Cl)c1. The van der Waals surface area contributed by atoms with Gasteiger partial charge < -0.3 is 5.11 Å². The Balaban J connectivity index is 3.10. The van der Waals surface area contributed by atoms with Crippen molar-refractivity contribution in [1.82, 2.24) is 0 Å². The number of carboxylic acids is 1. The van der Waals surface area contributed by atoms with Crippen LogP contribution in [0.2, 0.25) is 5.02 Å². The summed E-state index contributed by atoms with van der Waals surface area (Å²) < 4.78 is 0.788. The van der Waals surface area contributed by atoms with Gasteiger partial charge >= 0.3 is 5.97 Å². The smallest absolute Gasteiger partial charge is 0.335 e. The molecule has 0 heterocycles. The molecule has 4 heteroatoms. The lowest BCUT2D eigenvalue weighted by Crippen LogP contribution is -1.96. The number of carbonyl (C=O) groups is 1. The van der Waals surface area contributed by atoms with E-state index < -0.39 is 5.97 Å². The van der Waals surface area contributed by atoms with Gasteiger partial charge in [-0.25, -0.2) is 4.79 Å². The highest BCUT2D eigenvalue weighted by Crippen LogP contribution is 2.20. The van der Waals surface area contributed by atoms with E-state index in [1.807, 2.05) is 0 Å². The number of carboxylic acid groups (broad SMARTS) is 1. The molecule has 12 heavy (non-hydrogen) atoms. The number of benzene rings is 1. The molecular formula is C8H6ClIO2. The third-order valence-corrected chi connectivity index (χ3v) is 2.62. The molecule has 0 unspecified atom stereocenters. The Hall–Kier alpha value is -0.290. The molecule has 0 saturated heterocycles. The predicted molar refractivity (Wildman–Crippen MR) is 56.1 cm³/mol. The van der Waals surface area contributed by atoms with Crippen LogP contribution in [0.4, 0.5) is 0 Å². The number of hydrogen-bond donors (Lipinski definition) is 1. The first-order valence-electron chi connectivity index (χ1n) is 3.23. The van der Waals surface area contributed by atoms with Gasteiger partial charge in [0, 0.05) is 9.45 Å². The van der Waals surface area contributed by atoms with Crippen LogP contribution in [0, 0.1) is 0 Å². The molecule has 0 radical (unpaired) electrons. The summed E-state index contributed by atoms with van der Waals surface area (Å²) in [6.45, 7) is 0. The van der Waals surface area contributed by atoms with Crippen LogP contribution >= 0.6 is 34.2 Å². The summed E-state index contributed by atoms with van der Waals surface area (Å²) in [7, 11) is 0. The van der Waals surface area contributed by atoms with Gasteiger partial charge in [0.05, 0.1) is 5.56 Å². The van der Waals surface area contributed by atoms with Crippen molar-refractivity contribution >= 4 is 40.2 Å². The first-order valence-corrected chi connectivity index (χ1v) is 5.13. The Labute approximate surface area is 88.7 Å². The second-order valence-electron chi connectivity index (χ2n) is 2.24. The zero-order valence-corrected chi connectivity index (χ0v) is 8.96. The molecule has 0 bridgehead atoms. The molecule has 0 saturated carbocycles. The number of rotatable bonds is 2. The topological polar surface area (TPSA) is 37.3 Å². The molecule has 1 rings (SSSR count). The van der Waals surface area contributed by atoms with E-state index >= 15 is 0 Å². The van der Waals surface area contributed by atoms with Crippen LogP contribution in [0.5, 0.6) is 0 Å². The highest BCUT2D eigenvalue weighted by Gasteiger charge is 2.05. The van der Waals surface area contributed by atoms with Crippen LogP contribution in [-0.2, 0) is 4.43 Å². The van der Waals surface area contributed by atoms with Gasteiger partial charge in [0.15, 0.2) is 0 Å². The average molecular weight is 296 g/mol. The molecular weight excluding hydrogens is 290 g/mol. The minimum atomic E-state index is -0.947. The van der Waals surface area contributed by atoms with Crippen LogP contribution in [0.15, 0.2) is 18.2 Å². The summed E-state index contributed by atoms with van der Waals surface area (Å²) in [6, 6.07) is 4.76. The summed E-state index contributed by atoms with van der Waals surface area (Å²) in [5, 5.41) is 9.13. The second-order valence-corrected chi connectivity index (χ2v) is 3.41. The molecule has 0 amide bonds. The van der Waals surface area contributed by atoms with Crippen molar-refractivity contribution in [3.05, 3.63) is 34.3 Å². The van der Waals surface area contributed by atoms with Crippen LogP contribution in [-0.4, -0.2) is 11.1 Å².